The molecule has 1 amide bonds. The molecule has 12 nitrogen and oxygen atoms in total. The fourth-order valence-electron chi connectivity index (χ4n) is 10.9. The van der Waals surface area contributed by atoms with Crippen LogP contribution in [0.25, 0.3) is 0 Å². The van der Waals surface area contributed by atoms with E-state index >= 15 is 0 Å². The number of carbonyl (C=O) groups is 3. The van der Waals surface area contributed by atoms with Gasteiger partial charge in [0.2, 0.25) is 0 Å². The largest absolute Gasteiger partial charge is 0.456 e. The number of aliphatic hydroxyl groups is 2. The van der Waals surface area contributed by atoms with Gasteiger partial charge in [-0.05, 0) is 71.4 Å². The standard InChI is InChI=1S/C39H61NO11/c1-14-28-48-26-16-27-39(18-46-27,50-23(7)41)31-22(6)38(36(11,12)45)17-25(20(4)29(38)21(5)32(49-28)37(26,31)13)47-33(43)30(42)24(15-19(2)3)40-34(44)51-35(8,9)10/h14,19,21-22,24-28,30-32,42,45H,1,15-18H2,2-13H3,(H,40,44)/t21-,22-,24-,25-,26-,27+,28?,30?,31-,32-,37+,38+,39-/m0/s1. The Morgan fingerprint density at radius 1 is 1.12 bits per heavy atom. The van der Waals surface area contributed by atoms with E-state index in [0.717, 1.165) is 11.1 Å². The van der Waals surface area contributed by atoms with Crippen LogP contribution < -0.4 is 5.32 Å². The fraction of sp³-hybridized carbons (Fsp3) is 0.821. The molecule has 5 rings (SSSR count). The van der Waals surface area contributed by atoms with Crippen molar-refractivity contribution in [3.63, 3.8) is 0 Å². The number of amides is 1. The molecule has 0 radical (unpaired) electrons. The molecule has 2 unspecified atom stereocenters. The second kappa shape index (κ2) is 13.4. The number of ether oxygens (including phenoxy) is 6. The number of esters is 2. The highest BCUT2D eigenvalue weighted by atomic mass is 16.7. The SMILES string of the molecule is C=CC1O[C@H]2C[C@H]3OC[C@@]3(OC(C)=O)[C@H]3[C@H](C)[C@]4(C(C)(C)O)C[C@H](OC(=O)C(O)[C@H](CC(C)C)NC(=O)OC(C)(C)C)C(C)=C4[C@H](C)[C@H](O1)[C@]23C. The molecule has 3 N–H and O–H groups in total. The molecule has 5 aliphatic rings. The van der Waals surface area contributed by atoms with Gasteiger partial charge < -0.3 is 44.0 Å². The summed E-state index contributed by atoms with van der Waals surface area (Å²) >= 11 is 0. The van der Waals surface area contributed by atoms with E-state index in [0.29, 0.717) is 12.8 Å². The van der Waals surface area contributed by atoms with Gasteiger partial charge >= 0.3 is 18.0 Å². The summed E-state index contributed by atoms with van der Waals surface area (Å²) in [4.78, 5) is 39.4. The Hall–Kier alpha value is -2.51. The lowest BCUT2D eigenvalue weighted by atomic mass is 9.47. The van der Waals surface area contributed by atoms with E-state index in [4.69, 9.17) is 28.4 Å². The first-order valence-electron chi connectivity index (χ1n) is 18.5. The minimum absolute atomic E-state index is 0.0332. The number of hydrogen-bond donors (Lipinski definition) is 3. The normalized spacial score (nSPS) is 40.1. The second-order valence-electron chi connectivity index (χ2n) is 17.9. The van der Waals surface area contributed by atoms with Crippen molar-refractivity contribution in [2.45, 2.75) is 162 Å². The molecule has 0 aromatic rings. The number of hydrogen-bond acceptors (Lipinski definition) is 11. The maximum atomic E-state index is 13.9. The molecule has 12 heteroatoms. The molecule has 13 atom stereocenters. The van der Waals surface area contributed by atoms with Gasteiger partial charge in [-0.3, -0.25) is 4.79 Å². The van der Waals surface area contributed by atoms with E-state index in [-0.39, 0.29) is 36.9 Å². The van der Waals surface area contributed by atoms with Crippen LogP contribution in [0.1, 0.15) is 102 Å². The third-order valence-corrected chi connectivity index (χ3v) is 12.6. The Bertz CT molecular complexity index is 1430. The summed E-state index contributed by atoms with van der Waals surface area (Å²) in [5.41, 5.74) is -3.11. The van der Waals surface area contributed by atoms with Crippen molar-refractivity contribution in [3.8, 4) is 0 Å². The van der Waals surface area contributed by atoms with Gasteiger partial charge in [-0.1, -0.05) is 46.8 Å². The van der Waals surface area contributed by atoms with Crippen LogP contribution in [-0.4, -0.2) is 94.5 Å². The first-order chi connectivity index (χ1) is 23.4. The maximum Gasteiger partial charge on any atom is 0.407 e. The van der Waals surface area contributed by atoms with E-state index in [9.17, 15) is 24.6 Å². The molecule has 0 spiro atoms. The van der Waals surface area contributed by atoms with Crippen molar-refractivity contribution in [2.75, 3.05) is 6.61 Å². The van der Waals surface area contributed by atoms with Gasteiger partial charge in [0.05, 0.1) is 30.5 Å². The lowest BCUT2D eigenvalue weighted by Crippen LogP contribution is -2.78. The first kappa shape index (κ1) is 39.7. The van der Waals surface area contributed by atoms with E-state index in [1.807, 2.05) is 20.8 Å². The van der Waals surface area contributed by atoms with Crippen LogP contribution in [0.5, 0.6) is 0 Å². The summed E-state index contributed by atoms with van der Waals surface area (Å²) < 4.78 is 37.3. The molecular formula is C39H61NO11. The molecule has 0 bridgehead atoms. The number of fused-ring (bicyclic) bond motifs is 3. The molecule has 2 heterocycles. The number of nitrogens with one attached hydrogen (secondary N) is 1. The number of alkyl carbamates (subject to hydrolysis) is 1. The Morgan fingerprint density at radius 3 is 2.27 bits per heavy atom. The Morgan fingerprint density at radius 2 is 1.76 bits per heavy atom. The van der Waals surface area contributed by atoms with Crippen molar-refractivity contribution in [1.82, 2.24) is 5.32 Å². The summed E-state index contributed by atoms with van der Waals surface area (Å²) in [5, 5.41) is 26.5. The third-order valence-electron chi connectivity index (χ3n) is 12.6. The van der Waals surface area contributed by atoms with Gasteiger partial charge in [0.1, 0.15) is 17.8 Å². The molecule has 51 heavy (non-hydrogen) atoms. The van der Waals surface area contributed by atoms with Crippen molar-refractivity contribution < 1.29 is 53.0 Å². The molecular weight excluding hydrogens is 658 g/mol. The van der Waals surface area contributed by atoms with E-state index < -0.39 is 88.3 Å². The number of rotatable bonds is 9. The van der Waals surface area contributed by atoms with Crippen molar-refractivity contribution >= 4 is 18.0 Å². The second-order valence-corrected chi connectivity index (χ2v) is 17.9. The highest BCUT2D eigenvalue weighted by Crippen LogP contribution is 2.71. The van der Waals surface area contributed by atoms with Crippen LogP contribution >= 0.6 is 0 Å². The highest BCUT2D eigenvalue weighted by Gasteiger charge is 2.78. The average Bonchev–Trinajstić information content (AvgIpc) is 3.25. The number of carbonyl (C=O) groups excluding carboxylic acids is 3. The van der Waals surface area contributed by atoms with Gasteiger partial charge in [0.15, 0.2) is 18.0 Å². The van der Waals surface area contributed by atoms with Crippen LogP contribution in [-0.2, 0) is 38.0 Å². The quantitative estimate of drug-likeness (QED) is 0.168. The van der Waals surface area contributed by atoms with Crippen molar-refractivity contribution in [2.24, 2.45) is 34.5 Å². The third kappa shape index (κ3) is 6.44. The summed E-state index contributed by atoms with van der Waals surface area (Å²) in [6.45, 7) is 26.4. The van der Waals surface area contributed by atoms with Crippen molar-refractivity contribution in [1.29, 1.82) is 0 Å². The number of aliphatic hydroxyl groups excluding tert-OH is 1. The highest BCUT2D eigenvalue weighted by molar-refractivity contribution is 5.77. The molecule has 2 aliphatic heterocycles. The topological polar surface area (TPSA) is 159 Å². The molecule has 0 aromatic carbocycles. The fourth-order valence-corrected chi connectivity index (χ4v) is 10.9. The molecule has 3 aliphatic carbocycles. The monoisotopic (exact) mass is 719 g/mol. The molecule has 4 fully saturated rings. The van der Waals surface area contributed by atoms with Crippen LogP contribution in [0.15, 0.2) is 23.8 Å². The minimum atomic E-state index is -1.68. The smallest absolute Gasteiger partial charge is 0.407 e. The Kier molecular flexibility index (Phi) is 10.4. The lowest BCUT2D eigenvalue weighted by Gasteiger charge is -2.68. The summed E-state index contributed by atoms with van der Waals surface area (Å²) in [6, 6.07) is -0.959. The zero-order chi connectivity index (χ0) is 38.2. The van der Waals surface area contributed by atoms with E-state index in [1.54, 1.807) is 40.7 Å². The molecule has 2 saturated carbocycles. The molecule has 288 valence electrons. The average molecular weight is 720 g/mol. The van der Waals surface area contributed by atoms with Gasteiger partial charge in [-0.15, -0.1) is 0 Å². The van der Waals surface area contributed by atoms with Gasteiger partial charge in [-0.2, -0.15) is 0 Å². The Labute approximate surface area is 303 Å². The maximum absolute atomic E-state index is 13.9. The van der Waals surface area contributed by atoms with Crippen LogP contribution in [0.2, 0.25) is 0 Å². The zero-order valence-electron chi connectivity index (χ0n) is 32.5. The van der Waals surface area contributed by atoms with E-state index in [1.165, 1.54) is 6.92 Å². The van der Waals surface area contributed by atoms with Crippen LogP contribution in [0.4, 0.5) is 4.79 Å². The predicted octanol–water partition coefficient (Wildman–Crippen LogP) is 4.98. The van der Waals surface area contributed by atoms with E-state index in [2.05, 4.69) is 32.7 Å². The minimum Gasteiger partial charge on any atom is -0.456 e. The van der Waals surface area contributed by atoms with Crippen LogP contribution in [0, 0.1) is 34.5 Å². The van der Waals surface area contributed by atoms with Crippen molar-refractivity contribution in [3.05, 3.63) is 23.8 Å². The summed E-state index contributed by atoms with van der Waals surface area (Å²) in [5.74, 6) is -2.33. The summed E-state index contributed by atoms with van der Waals surface area (Å²) in [7, 11) is 0. The van der Waals surface area contributed by atoms with Gasteiger partial charge in [0.25, 0.3) is 0 Å². The van der Waals surface area contributed by atoms with Gasteiger partial charge in [0, 0.05) is 42.4 Å². The van der Waals surface area contributed by atoms with Crippen LogP contribution in [0.3, 0.4) is 0 Å². The molecule has 2 saturated heterocycles. The first-order valence-corrected chi connectivity index (χ1v) is 18.5. The summed E-state index contributed by atoms with van der Waals surface area (Å²) in [6.07, 6.45) is -2.45. The zero-order valence-corrected chi connectivity index (χ0v) is 32.5. The predicted molar refractivity (Wildman–Crippen MR) is 187 cm³/mol. The van der Waals surface area contributed by atoms with Gasteiger partial charge in [-0.25, -0.2) is 9.59 Å². The molecule has 0 aromatic heterocycles. The Balaban J connectivity index is 1.58. The lowest BCUT2D eigenvalue weighted by molar-refractivity contribution is -0.387.